The second-order valence-corrected chi connectivity index (χ2v) is 8.08. The van der Waals surface area contributed by atoms with Gasteiger partial charge in [-0.05, 0) is 55.8 Å². The van der Waals surface area contributed by atoms with Crippen LogP contribution in [0.25, 0.3) is 0 Å². The number of anilines is 2. The van der Waals surface area contributed by atoms with Crippen LogP contribution in [0.15, 0.2) is 48.5 Å². The summed E-state index contributed by atoms with van der Waals surface area (Å²) in [5.41, 5.74) is 3.00. The van der Waals surface area contributed by atoms with Gasteiger partial charge in [0.05, 0.1) is 5.75 Å². The number of amides is 1. The molecule has 0 bridgehead atoms. The molecule has 134 valence electrons. The van der Waals surface area contributed by atoms with E-state index < -0.39 is 9.84 Å². The molecule has 0 aliphatic carbocycles. The molecular formula is C19H24N2O3S. The Hall–Kier alpha value is -2.34. The first-order valence-electron chi connectivity index (χ1n) is 8.25. The molecule has 2 aromatic carbocycles. The molecule has 0 saturated carbocycles. The highest BCUT2D eigenvalue weighted by Crippen LogP contribution is 2.18. The summed E-state index contributed by atoms with van der Waals surface area (Å²) < 4.78 is 22.6. The number of carbonyl (C=O) groups is 1. The summed E-state index contributed by atoms with van der Waals surface area (Å²) in [6, 6.07) is 14.3. The average molecular weight is 360 g/mol. The summed E-state index contributed by atoms with van der Waals surface area (Å²) in [7, 11) is -3.08. The summed E-state index contributed by atoms with van der Waals surface area (Å²) >= 11 is 0. The predicted octanol–water partition coefficient (Wildman–Crippen LogP) is 3.33. The van der Waals surface area contributed by atoms with E-state index >= 15 is 0 Å². The summed E-state index contributed by atoms with van der Waals surface area (Å²) in [5, 5.41) is 2.85. The average Bonchev–Trinajstić information content (AvgIpc) is 2.56. The molecule has 0 heterocycles. The normalized spacial score (nSPS) is 11.2. The van der Waals surface area contributed by atoms with Crippen LogP contribution in [0.1, 0.15) is 29.8 Å². The van der Waals surface area contributed by atoms with Crippen molar-refractivity contribution in [1.82, 2.24) is 0 Å². The summed E-state index contributed by atoms with van der Waals surface area (Å²) in [5.74, 6) is -0.247. The highest BCUT2D eigenvalue weighted by molar-refractivity contribution is 7.89. The largest absolute Gasteiger partial charge is 0.372 e. The molecule has 0 aliphatic heterocycles. The van der Waals surface area contributed by atoms with Gasteiger partial charge in [0, 0.05) is 36.3 Å². The minimum Gasteiger partial charge on any atom is -0.372 e. The Balaban J connectivity index is 2.04. The third-order valence-electron chi connectivity index (χ3n) is 3.90. The zero-order valence-corrected chi connectivity index (χ0v) is 15.6. The molecule has 0 saturated heterocycles. The molecule has 5 nitrogen and oxygen atoms in total. The molecular weight excluding hydrogens is 336 g/mol. The molecule has 2 aromatic rings. The Morgan fingerprint density at radius 2 is 1.52 bits per heavy atom. The third-order valence-corrected chi connectivity index (χ3v) is 4.76. The van der Waals surface area contributed by atoms with Crippen LogP contribution in [-0.2, 0) is 15.6 Å². The van der Waals surface area contributed by atoms with Crippen LogP contribution in [0, 0.1) is 0 Å². The fourth-order valence-corrected chi connectivity index (χ4v) is 3.40. The number of sulfone groups is 1. The maximum atomic E-state index is 12.3. The quantitative estimate of drug-likeness (QED) is 0.822. The van der Waals surface area contributed by atoms with Gasteiger partial charge in [0.1, 0.15) is 0 Å². The van der Waals surface area contributed by atoms with Crippen LogP contribution < -0.4 is 10.2 Å². The fourth-order valence-electron chi connectivity index (χ4n) is 2.60. The first-order valence-corrected chi connectivity index (χ1v) is 10.3. The van der Waals surface area contributed by atoms with E-state index in [2.05, 4.69) is 24.1 Å². The zero-order valence-electron chi connectivity index (χ0n) is 14.8. The first kappa shape index (κ1) is 19.0. The lowest BCUT2D eigenvalue weighted by molar-refractivity contribution is 0.102. The highest BCUT2D eigenvalue weighted by Gasteiger charge is 2.09. The van der Waals surface area contributed by atoms with Crippen LogP contribution in [0.3, 0.4) is 0 Å². The van der Waals surface area contributed by atoms with Crippen LogP contribution >= 0.6 is 0 Å². The van der Waals surface area contributed by atoms with Crippen LogP contribution in [-0.4, -0.2) is 33.7 Å². The number of hydrogen-bond donors (Lipinski definition) is 1. The topological polar surface area (TPSA) is 66.5 Å². The second-order valence-electron chi connectivity index (χ2n) is 5.94. The van der Waals surface area contributed by atoms with E-state index in [4.69, 9.17) is 0 Å². The number of nitrogens with zero attached hydrogens (tertiary/aromatic N) is 1. The standard InChI is InChI=1S/C19H24N2O3S/c1-4-21(5-2)18-12-10-17(11-13-18)20-19(22)16-8-6-15(7-9-16)14-25(3,23)24/h6-13H,4-5,14H2,1-3H3,(H,20,22). The van der Waals surface area contributed by atoms with Gasteiger partial charge in [0.2, 0.25) is 0 Å². The van der Waals surface area contributed by atoms with E-state index in [1.54, 1.807) is 24.3 Å². The lowest BCUT2D eigenvalue weighted by Gasteiger charge is -2.21. The second kappa shape index (κ2) is 8.16. The molecule has 1 amide bonds. The van der Waals surface area contributed by atoms with Crippen LogP contribution in [0.2, 0.25) is 0 Å². The minimum atomic E-state index is -3.08. The highest BCUT2D eigenvalue weighted by atomic mass is 32.2. The Bertz CT molecular complexity index is 809. The van der Waals surface area contributed by atoms with Crippen molar-refractivity contribution in [2.24, 2.45) is 0 Å². The number of carbonyl (C=O) groups excluding carboxylic acids is 1. The Morgan fingerprint density at radius 1 is 0.960 bits per heavy atom. The minimum absolute atomic E-state index is 0.0261. The smallest absolute Gasteiger partial charge is 0.255 e. The van der Waals surface area contributed by atoms with Gasteiger partial charge in [0.25, 0.3) is 5.91 Å². The van der Waals surface area contributed by atoms with Crippen molar-refractivity contribution in [3.63, 3.8) is 0 Å². The van der Waals surface area contributed by atoms with E-state index in [9.17, 15) is 13.2 Å². The molecule has 0 fully saturated rings. The van der Waals surface area contributed by atoms with Crippen LogP contribution in [0.5, 0.6) is 0 Å². The van der Waals surface area contributed by atoms with E-state index in [0.717, 1.165) is 24.5 Å². The van der Waals surface area contributed by atoms with Gasteiger partial charge >= 0.3 is 0 Å². The van der Waals surface area contributed by atoms with Crippen molar-refractivity contribution in [1.29, 1.82) is 0 Å². The maximum absolute atomic E-state index is 12.3. The lowest BCUT2D eigenvalue weighted by Crippen LogP contribution is -2.21. The molecule has 0 spiro atoms. The van der Waals surface area contributed by atoms with Crippen molar-refractivity contribution >= 4 is 27.1 Å². The SMILES string of the molecule is CCN(CC)c1ccc(NC(=O)c2ccc(CS(C)(=O)=O)cc2)cc1. The summed E-state index contributed by atoms with van der Waals surface area (Å²) in [6.07, 6.45) is 1.19. The number of rotatable bonds is 7. The van der Waals surface area contributed by atoms with Gasteiger partial charge in [-0.25, -0.2) is 8.42 Å². The van der Waals surface area contributed by atoms with Gasteiger partial charge in [-0.15, -0.1) is 0 Å². The van der Waals surface area contributed by atoms with Crippen molar-refractivity contribution in [2.75, 3.05) is 29.6 Å². The number of hydrogen-bond acceptors (Lipinski definition) is 4. The number of nitrogens with one attached hydrogen (secondary N) is 1. The predicted molar refractivity (Wildman–Crippen MR) is 103 cm³/mol. The molecule has 0 unspecified atom stereocenters. The van der Waals surface area contributed by atoms with Crippen molar-refractivity contribution < 1.29 is 13.2 Å². The molecule has 0 aromatic heterocycles. The molecule has 1 N–H and O–H groups in total. The zero-order chi connectivity index (χ0) is 18.4. The van der Waals surface area contributed by atoms with Crippen molar-refractivity contribution in [3.05, 3.63) is 59.7 Å². The van der Waals surface area contributed by atoms with E-state index in [0.29, 0.717) is 11.1 Å². The summed E-state index contributed by atoms with van der Waals surface area (Å²) in [4.78, 5) is 14.5. The summed E-state index contributed by atoms with van der Waals surface area (Å²) in [6.45, 7) is 6.07. The van der Waals surface area contributed by atoms with Crippen molar-refractivity contribution in [2.45, 2.75) is 19.6 Å². The van der Waals surface area contributed by atoms with Gasteiger partial charge in [-0.1, -0.05) is 12.1 Å². The van der Waals surface area contributed by atoms with E-state index in [1.807, 2.05) is 24.3 Å². The Kier molecular flexibility index (Phi) is 6.20. The monoisotopic (exact) mass is 360 g/mol. The molecule has 0 atom stereocenters. The maximum Gasteiger partial charge on any atom is 0.255 e. The van der Waals surface area contributed by atoms with E-state index in [-0.39, 0.29) is 11.7 Å². The van der Waals surface area contributed by atoms with Gasteiger partial charge < -0.3 is 10.2 Å². The molecule has 2 rings (SSSR count). The molecule has 0 aliphatic rings. The number of benzene rings is 2. The van der Waals surface area contributed by atoms with Crippen LogP contribution in [0.4, 0.5) is 11.4 Å². The lowest BCUT2D eigenvalue weighted by atomic mass is 10.1. The molecule has 25 heavy (non-hydrogen) atoms. The fraction of sp³-hybridized carbons (Fsp3) is 0.316. The molecule has 0 radical (unpaired) electrons. The van der Waals surface area contributed by atoms with Gasteiger partial charge in [0.15, 0.2) is 9.84 Å². The Morgan fingerprint density at radius 3 is 2.00 bits per heavy atom. The van der Waals surface area contributed by atoms with E-state index in [1.165, 1.54) is 6.26 Å². The van der Waals surface area contributed by atoms with Gasteiger partial charge in [-0.2, -0.15) is 0 Å². The van der Waals surface area contributed by atoms with Crippen molar-refractivity contribution in [3.8, 4) is 0 Å². The first-order chi connectivity index (χ1) is 11.8. The third kappa shape index (κ3) is 5.60. The molecule has 6 heteroatoms. The van der Waals surface area contributed by atoms with Gasteiger partial charge in [-0.3, -0.25) is 4.79 Å². The Labute approximate surface area is 149 Å².